The van der Waals surface area contributed by atoms with Crippen molar-refractivity contribution in [3.05, 3.63) is 25.3 Å². The molecule has 10 nitrogen and oxygen atoms in total. The van der Waals surface area contributed by atoms with Crippen molar-refractivity contribution in [1.82, 2.24) is 0 Å². The average Bonchev–Trinajstić information content (AvgIpc) is 2.70. The van der Waals surface area contributed by atoms with Crippen molar-refractivity contribution < 1.29 is 48.6 Å². The lowest BCUT2D eigenvalue weighted by molar-refractivity contribution is -0.142. The zero-order chi connectivity index (χ0) is 22.1. The third kappa shape index (κ3) is 17.1. The van der Waals surface area contributed by atoms with Crippen molar-refractivity contribution in [2.45, 2.75) is 23.7 Å². The number of ether oxygens (including phenoxy) is 5. The van der Waals surface area contributed by atoms with Gasteiger partial charge in [0.15, 0.2) is 0 Å². The zero-order valence-corrected chi connectivity index (χ0v) is 16.9. The summed E-state index contributed by atoms with van der Waals surface area (Å²) < 4.78 is 24.8. The molecule has 0 aromatic rings. The molecule has 0 aliphatic rings. The number of aliphatic hydroxyl groups excluding tert-OH is 3. The molecule has 4 atom stereocenters. The fraction of sp³-hybridized carbons (Fsp3) is 0.667. The molecule has 0 spiro atoms. The van der Waals surface area contributed by atoms with Crippen molar-refractivity contribution >= 4 is 23.5 Å². The largest absolute Gasteiger partial charge is 0.460 e. The van der Waals surface area contributed by atoms with E-state index >= 15 is 0 Å². The molecule has 0 radical (unpaired) electrons. The van der Waals surface area contributed by atoms with E-state index in [4.69, 9.17) is 25.8 Å². The zero-order valence-electron chi connectivity index (χ0n) is 16.1. The summed E-state index contributed by atoms with van der Waals surface area (Å²) in [6.07, 6.45) is -0.982. The predicted molar refractivity (Wildman–Crippen MR) is 102 cm³/mol. The van der Waals surface area contributed by atoms with E-state index in [0.717, 1.165) is 12.2 Å². The first-order chi connectivity index (χ1) is 13.8. The van der Waals surface area contributed by atoms with Crippen LogP contribution in [-0.2, 0) is 33.3 Å². The summed E-state index contributed by atoms with van der Waals surface area (Å²) in [6.45, 7) is 5.82. The molecule has 0 amide bonds. The Morgan fingerprint density at radius 2 is 1.00 bits per heavy atom. The molecule has 0 rings (SSSR count). The molecule has 0 fully saturated rings. The molecule has 11 heteroatoms. The molecule has 0 aliphatic heterocycles. The van der Waals surface area contributed by atoms with Crippen LogP contribution in [0.3, 0.4) is 0 Å². The Labute approximate surface area is 174 Å². The second-order valence-corrected chi connectivity index (χ2v) is 6.46. The molecule has 0 bridgehead atoms. The third-order valence-corrected chi connectivity index (χ3v) is 3.26. The molecule has 0 aromatic heterocycles. The second kappa shape index (κ2) is 17.3. The van der Waals surface area contributed by atoms with E-state index in [1.807, 2.05) is 0 Å². The van der Waals surface area contributed by atoms with Gasteiger partial charge in [-0.3, -0.25) is 0 Å². The monoisotopic (exact) mass is 440 g/mol. The van der Waals surface area contributed by atoms with Crippen molar-refractivity contribution in [2.24, 2.45) is 0 Å². The first kappa shape index (κ1) is 27.5. The first-order valence-corrected chi connectivity index (χ1v) is 9.21. The minimum atomic E-state index is -1.02. The van der Waals surface area contributed by atoms with Crippen LogP contribution in [0.2, 0.25) is 0 Å². The van der Waals surface area contributed by atoms with Gasteiger partial charge in [0.1, 0.15) is 31.5 Å². The Balaban J connectivity index is 3.66. The Bertz CT molecular complexity index is 445. The number of rotatable bonds is 18. The van der Waals surface area contributed by atoms with Gasteiger partial charge >= 0.3 is 11.9 Å². The van der Waals surface area contributed by atoms with Crippen LogP contribution in [0.4, 0.5) is 0 Å². The molecule has 3 N–H and O–H groups in total. The number of halogens is 1. The fourth-order valence-corrected chi connectivity index (χ4v) is 1.85. The van der Waals surface area contributed by atoms with E-state index in [1.54, 1.807) is 0 Å². The maximum Gasteiger partial charge on any atom is 0.330 e. The number of esters is 2. The molecule has 0 heterocycles. The fourth-order valence-electron chi connectivity index (χ4n) is 1.67. The van der Waals surface area contributed by atoms with Crippen molar-refractivity contribution in [3.8, 4) is 0 Å². The number of carbonyl (C=O) groups excluding carboxylic acids is 2. The third-order valence-electron chi connectivity index (χ3n) is 3.01. The number of aliphatic hydroxyl groups is 3. The van der Waals surface area contributed by atoms with E-state index in [2.05, 4.69) is 22.6 Å². The van der Waals surface area contributed by atoms with Crippen molar-refractivity contribution in [1.29, 1.82) is 0 Å². The van der Waals surface area contributed by atoms with Crippen LogP contribution in [0.5, 0.6) is 0 Å². The summed E-state index contributed by atoms with van der Waals surface area (Å²) in [4.78, 5) is 21.7. The molecular weight excluding hydrogens is 412 g/mol. The van der Waals surface area contributed by atoms with Crippen LogP contribution >= 0.6 is 11.6 Å². The highest BCUT2D eigenvalue weighted by Gasteiger charge is 2.13. The molecule has 168 valence electrons. The van der Waals surface area contributed by atoms with Crippen LogP contribution < -0.4 is 0 Å². The molecule has 0 saturated heterocycles. The normalized spacial score (nSPS) is 15.0. The lowest BCUT2D eigenvalue weighted by Crippen LogP contribution is -2.29. The Morgan fingerprint density at radius 1 is 0.690 bits per heavy atom. The number of carbonyl (C=O) groups is 2. The van der Waals surface area contributed by atoms with Crippen molar-refractivity contribution in [2.75, 3.05) is 52.9 Å². The minimum Gasteiger partial charge on any atom is -0.460 e. The van der Waals surface area contributed by atoms with Gasteiger partial charge in [-0.1, -0.05) is 13.2 Å². The highest BCUT2D eigenvalue weighted by atomic mass is 35.5. The summed E-state index contributed by atoms with van der Waals surface area (Å²) >= 11 is 5.99. The molecular formula is C18H29ClO10. The summed E-state index contributed by atoms with van der Waals surface area (Å²) in [5.41, 5.74) is 0. The minimum absolute atomic E-state index is 0.0507. The number of hydrogen-bond acceptors (Lipinski definition) is 10. The topological polar surface area (TPSA) is 141 Å². The van der Waals surface area contributed by atoms with Gasteiger partial charge in [-0.05, 0) is 0 Å². The second-order valence-electron chi connectivity index (χ2n) is 5.84. The van der Waals surface area contributed by atoms with Crippen LogP contribution in [0.25, 0.3) is 0 Å². The van der Waals surface area contributed by atoms with Gasteiger partial charge in [-0.25, -0.2) is 9.59 Å². The Morgan fingerprint density at radius 3 is 1.34 bits per heavy atom. The summed E-state index contributed by atoms with van der Waals surface area (Å²) in [5, 5.41) is 28.3. The maximum absolute atomic E-state index is 10.8. The highest BCUT2D eigenvalue weighted by molar-refractivity contribution is 6.20. The summed E-state index contributed by atoms with van der Waals surface area (Å²) in [5.74, 6) is -1.29. The Hall–Kier alpha value is -1.53. The summed E-state index contributed by atoms with van der Waals surface area (Å²) in [7, 11) is 0. The van der Waals surface area contributed by atoms with Crippen LogP contribution in [-0.4, -0.2) is 104 Å². The molecule has 0 aliphatic carbocycles. The lowest BCUT2D eigenvalue weighted by atomic mass is 10.4. The van der Waals surface area contributed by atoms with Gasteiger partial charge < -0.3 is 39.0 Å². The number of hydrogen-bond donors (Lipinski definition) is 3. The van der Waals surface area contributed by atoms with Crippen LogP contribution in [0, 0.1) is 0 Å². The standard InChI is InChI=1S/C18H29ClO10/c1-3-17(23)28-11-15(21)9-26-6-13(19)5-25-7-14(20)8-27-10-16(22)12-29-18(24)4-2/h3-4,13-16,20-22H,1-2,5-12H2. The van der Waals surface area contributed by atoms with E-state index in [-0.39, 0.29) is 52.9 Å². The van der Waals surface area contributed by atoms with Crippen molar-refractivity contribution in [3.63, 3.8) is 0 Å². The van der Waals surface area contributed by atoms with Gasteiger partial charge in [0.05, 0.1) is 45.0 Å². The number of alkyl halides is 1. The Kier molecular flexibility index (Phi) is 16.4. The van der Waals surface area contributed by atoms with Gasteiger partial charge in [0.2, 0.25) is 0 Å². The van der Waals surface area contributed by atoms with E-state index < -0.39 is 35.6 Å². The van der Waals surface area contributed by atoms with Gasteiger partial charge in [0.25, 0.3) is 0 Å². The highest BCUT2D eigenvalue weighted by Crippen LogP contribution is 2.01. The van der Waals surface area contributed by atoms with Crippen LogP contribution in [0.15, 0.2) is 25.3 Å². The van der Waals surface area contributed by atoms with Gasteiger partial charge in [-0.15, -0.1) is 11.6 Å². The molecule has 29 heavy (non-hydrogen) atoms. The smallest absolute Gasteiger partial charge is 0.330 e. The molecule has 0 saturated carbocycles. The average molecular weight is 441 g/mol. The molecule has 4 unspecified atom stereocenters. The van der Waals surface area contributed by atoms with Gasteiger partial charge in [-0.2, -0.15) is 0 Å². The van der Waals surface area contributed by atoms with Crippen LogP contribution in [0.1, 0.15) is 0 Å². The molecule has 0 aromatic carbocycles. The first-order valence-electron chi connectivity index (χ1n) is 8.78. The van der Waals surface area contributed by atoms with Gasteiger partial charge in [0, 0.05) is 12.2 Å². The maximum atomic E-state index is 10.8. The van der Waals surface area contributed by atoms with E-state index in [1.165, 1.54) is 0 Å². The predicted octanol–water partition coefficient (Wildman–Crippen LogP) is -0.815. The lowest BCUT2D eigenvalue weighted by Gasteiger charge is -2.16. The quantitative estimate of drug-likeness (QED) is 0.141. The van der Waals surface area contributed by atoms with E-state index in [0.29, 0.717) is 0 Å². The SMILES string of the molecule is C=CC(=O)OCC(O)COCC(O)COCC(Cl)COCC(O)COC(=O)C=C. The summed E-state index contributed by atoms with van der Waals surface area (Å²) in [6, 6.07) is 0. The van der Waals surface area contributed by atoms with E-state index in [9.17, 15) is 24.9 Å².